The van der Waals surface area contributed by atoms with Gasteiger partial charge in [-0.15, -0.1) is 0 Å². The molecule has 0 saturated carbocycles. The minimum atomic E-state index is -1.92. The van der Waals surface area contributed by atoms with Gasteiger partial charge in [-0.05, 0) is 83.5 Å². The summed E-state index contributed by atoms with van der Waals surface area (Å²) in [5, 5.41) is 31.5. The van der Waals surface area contributed by atoms with Gasteiger partial charge in [0, 0.05) is 19.3 Å². The SMILES string of the molecule is CC/C=C\C/C=C\C/C=C\C/C=C\C/C=C\CCCC(=O)OCC(COC1OC(C(=O)O)C(O)C(O)C1OC(=O)CCCCCCC/C=C\C/C=C\CCC)OC(=O)CCCCCCCCCCCCCCCCCCC. The highest BCUT2D eigenvalue weighted by molar-refractivity contribution is 5.74. The molecule has 440 valence electrons. The van der Waals surface area contributed by atoms with E-state index in [-0.39, 0.29) is 25.9 Å². The minimum Gasteiger partial charge on any atom is -0.479 e. The maximum atomic E-state index is 13.2. The molecule has 0 aromatic heterocycles. The van der Waals surface area contributed by atoms with Crippen LogP contribution < -0.4 is 0 Å². The third-order valence-corrected chi connectivity index (χ3v) is 13.4. The first-order valence-electron chi connectivity index (χ1n) is 30.6. The summed E-state index contributed by atoms with van der Waals surface area (Å²) in [6.45, 7) is 5.77. The Morgan fingerprint density at radius 3 is 1.34 bits per heavy atom. The number of ether oxygens (including phenoxy) is 5. The zero-order chi connectivity index (χ0) is 56.1. The molecule has 1 aliphatic rings. The van der Waals surface area contributed by atoms with E-state index < -0.39 is 67.3 Å². The van der Waals surface area contributed by atoms with Gasteiger partial charge in [0.1, 0.15) is 18.8 Å². The summed E-state index contributed by atoms with van der Waals surface area (Å²) >= 11 is 0. The molecule has 0 aromatic rings. The lowest BCUT2D eigenvalue weighted by atomic mass is 9.98. The maximum absolute atomic E-state index is 13.2. The van der Waals surface area contributed by atoms with Crippen LogP contribution in [0.2, 0.25) is 0 Å². The monoisotopic (exact) mass is 1080 g/mol. The molecule has 1 rings (SSSR count). The average molecular weight is 1080 g/mol. The van der Waals surface area contributed by atoms with Crippen molar-refractivity contribution in [2.24, 2.45) is 0 Å². The standard InChI is InChI=1S/C65H108O12/c1-4-7-10-13-16-19-22-25-27-29-31-34-36-39-42-45-48-51-57(66)73-54-56(75-58(67)52-49-46-43-40-38-35-32-30-28-26-23-20-17-14-11-8-5-2)55-74-65-63(61(70)60(69)62(77-65)64(71)72)76-59(68)53-50-47-44-41-37-33-24-21-18-15-12-9-6-3/h7,10,12,15-16,19,21,24-25,27,31,34,39,42,56,60-63,65,69-70H,4-6,8-9,11,13-14,17-18,20,22-23,26,28-30,32-33,35-38,40-41,43-55H2,1-3H3,(H,71,72)/b10-7-,15-12-,19-16-,24-21-,27-25-,34-31-,42-39-. The topological polar surface area (TPSA) is 175 Å². The van der Waals surface area contributed by atoms with Crippen molar-refractivity contribution >= 4 is 23.9 Å². The Hall–Kier alpha value is -4.10. The van der Waals surface area contributed by atoms with Crippen LogP contribution in [0.1, 0.15) is 252 Å². The summed E-state index contributed by atoms with van der Waals surface area (Å²) in [4.78, 5) is 51.2. The Morgan fingerprint density at radius 1 is 0.442 bits per heavy atom. The van der Waals surface area contributed by atoms with Gasteiger partial charge in [-0.1, -0.05) is 234 Å². The molecular weight excluding hydrogens is 973 g/mol. The summed E-state index contributed by atoms with van der Waals surface area (Å²) in [5.74, 6) is -3.21. The molecule has 0 radical (unpaired) electrons. The van der Waals surface area contributed by atoms with Gasteiger partial charge in [0.15, 0.2) is 24.6 Å². The molecule has 3 N–H and O–H groups in total. The fourth-order valence-electron chi connectivity index (χ4n) is 8.79. The van der Waals surface area contributed by atoms with E-state index in [2.05, 4.69) is 99.8 Å². The van der Waals surface area contributed by atoms with Crippen LogP contribution >= 0.6 is 0 Å². The molecule has 1 aliphatic heterocycles. The molecule has 0 amide bonds. The largest absolute Gasteiger partial charge is 0.479 e. The molecule has 0 aromatic carbocycles. The second-order valence-electron chi connectivity index (χ2n) is 20.6. The van der Waals surface area contributed by atoms with E-state index in [1.54, 1.807) is 0 Å². The number of carboxylic acid groups (broad SMARTS) is 1. The fraction of sp³-hybridized carbons (Fsp3) is 0.723. The molecule has 1 fully saturated rings. The smallest absolute Gasteiger partial charge is 0.335 e. The molecule has 1 heterocycles. The number of allylic oxidation sites excluding steroid dienone is 14. The lowest BCUT2D eigenvalue weighted by molar-refractivity contribution is -0.301. The van der Waals surface area contributed by atoms with Gasteiger partial charge in [-0.3, -0.25) is 14.4 Å². The average Bonchev–Trinajstić information content (AvgIpc) is 3.42. The molecule has 6 atom stereocenters. The molecule has 6 unspecified atom stereocenters. The van der Waals surface area contributed by atoms with Crippen molar-refractivity contribution in [3.63, 3.8) is 0 Å². The van der Waals surface area contributed by atoms with Crippen molar-refractivity contribution in [1.29, 1.82) is 0 Å². The molecule has 0 aliphatic carbocycles. The molecule has 12 nitrogen and oxygen atoms in total. The van der Waals surface area contributed by atoms with Crippen molar-refractivity contribution in [1.82, 2.24) is 0 Å². The second kappa shape index (κ2) is 52.6. The highest BCUT2D eigenvalue weighted by Crippen LogP contribution is 2.26. The number of aliphatic hydroxyl groups excluding tert-OH is 2. The number of unbranched alkanes of at least 4 members (excludes halogenated alkanes) is 23. The van der Waals surface area contributed by atoms with Gasteiger partial charge in [0.25, 0.3) is 0 Å². The Kier molecular flexibility index (Phi) is 48.4. The third kappa shape index (κ3) is 42.5. The number of aliphatic carboxylic acids is 1. The van der Waals surface area contributed by atoms with Gasteiger partial charge in [-0.25, -0.2) is 4.79 Å². The summed E-state index contributed by atoms with van der Waals surface area (Å²) in [5.41, 5.74) is 0. The predicted octanol–water partition coefficient (Wildman–Crippen LogP) is 15.9. The molecule has 1 saturated heterocycles. The molecule has 77 heavy (non-hydrogen) atoms. The van der Waals surface area contributed by atoms with Gasteiger partial charge in [-0.2, -0.15) is 0 Å². The number of esters is 3. The quantitative estimate of drug-likeness (QED) is 0.0228. The summed E-state index contributed by atoms with van der Waals surface area (Å²) in [6, 6.07) is 0. The van der Waals surface area contributed by atoms with Crippen molar-refractivity contribution in [3.8, 4) is 0 Å². The number of hydrogen-bond acceptors (Lipinski definition) is 11. The molecule has 0 bridgehead atoms. The maximum Gasteiger partial charge on any atom is 0.335 e. The van der Waals surface area contributed by atoms with E-state index >= 15 is 0 Å². The fourth-order valence-corrected chi connectivity index (χ4v) is 8.79. The summed E-state index contributed by atoms with van der Waals surface area (Å²) in [6.07, 6.45) is 55.6. The van der Waals surface area contributed by atoms with Gasteiger partial charge < -0.3 is 39.0 Å². The van der Waals surface area contributed by atoms with E-state index in [1.807, 2.05) is 6.08 Å². The van der Waals surface area contributed by atoms with Crippen LogP contribution in [0.4, 0.5) is 0 Å². The Bertz CT molecular complexity index is 1660. The molecule has 0 spiro atoms. The van der Waals surface area contributed by atoms with Crippen LogP contribution in [0.3, 0.4) is 0 Å². The minimum absolute atomic E-state index is 0.0368. The number of aliphatic hydroxyl groups is 2. The van der Waals surface area contributed by atoms with Gasteiger partial charge in [0.2, 0.25) is 0 Å². The number of carbonyl (C=O) groups excluding carboxylic acids is 3. The zero-order valence-electron chi connectivity index (χ0n) is 48.4. The van der Waals surface area contributed by atoms with Crippen LogP contribution in [0.15, 0.2) is 85.1 Å². The van der Waals surface area contributed by atoms with Crippen LogP contribution in [-0.2, 0) is 42.9 Å². The lowest BCUT2D eigenvalue weighted by Crippen LogP contribution is -2.61. The van der Waals surface area contributed by atoms with Crippen molar-refractivity contribution in [3.05, 3.63) is 85.1 Å². The van der Waals surface area contributed by atoms with Crippen molar-refractivity contribution in [2.45, 2.75) is 289 Å². The number of carboxylic acids is 1. The first kappa shape index (κ1) is 70.9. The zero-order valence-corrected chi connectivity index (χ0v) is 48.4. The highest BCUT2D eigenvalue weighted by atomic mass is 16.7. The Morgan fingerprint density at radius 2 is 0.857 bits per heavy atom. The Balaban J connectivity index is 2.72. The number of hydrogen-bond donors (Lipinski definition) is 3. The number of rotatable bonds is 51. The normalized spacial score (nSPS) is 18.6. The second-order valence-corrected chi connectivity index (χ2v) is 20.6. The molecular formula is C65H108O12. The van der Waals surface area contributed by atoms with Crippen LogP contribution in [0.25, 0.3) is 0 Å². The predicted molar refractivity (Wildman–Crippen MR) is 312 cm³/mol. The van der Waals surface area contributed by atoms with Gasteiger partial charge in [0.05, 0.1) is 6.61 Å². The lowest BCUT2D eigenvalue weighted by Gasteiger charge is -2.40. The van der Waals surface area contributed by atoms with Crippen molar-refractivity contribution in [2.75, 3.05) is 13.2 Å². The third-order valence-electron chi connectivity index (χ3n) is 13.4. The summed E-state index contributed by atoms with van der Waals surface area (Å²) in [7, 11) is 0. The molecule has 12 heteroatoms. The van der Waals surface area contributed by atoms with E-state index in [4.69, 9.17) is 23.7 Å². The van der Waals surface area contributed by atoms with E-state index in [9.17, 15) is 34.5 Å². The first-order chi connectivity index (χ1) is 37.6. The van der Waals surface area contributed by atoms with Crippen LogP contribution in [0.5, 0.6) is 0 Å². The van der Waals surface area contributed by atoms with E-state index in [0.717, 1.165) is 103 Å². The highest BCUT2D eigenvalue weighted by Gasteiger charge is 2.50. The Labute approximate surface area is 467 Å². The van der Waals surface area contributed by atoms with Crippen molar-refractivity contribution < 1.29 is 58.2 Å². The first-order valence-corrected chi connectivity index (χ1v) is 30.6. The van der Waals surface area contributed by atoms with E-state index in [0.29, 0.717) is 25.7 Å². The number of carbonyl (C=O) groups is 4. The van der Waals surface area contributed by atoms with Gasteiger partial charge >= 0.3 is 23.9 Å². The van der Waals surface area contributed by atoms with Crippen LogP contribution in [0, 0.1) is 0 Å². The van der Waals surface area contributed by atoms with Crippen LogP contribution in [-0.4, -0.2) is 89.2 Å². The van der Waals surface area contributed by atoms with E-state index in [1.165, 1.54) is 83.5 Å². The summed E-state index contributed by atoms with van der Waals surface area (Å²) < 4.78 is 28.4.